The lowest BCUT2D eigenvalue weighted by molar-refractivity contribution is -0.757. The smallest absolute Gasteiger partial charge is 0.294 e. The molecule has 0 atom stereocenters. The summed E-state index contributed by atoms with van der Waals surface area (Å²) in [4.78, 5) is 13.4. The summed E-state index contributed by atoms with van der Waals surface area (Å²) in [6, 6.07) is 0. The largest absolute Gasteiger partial charge is 0.318 e. The van der Waals surface area contributed by atoms with Gasteiger partial charge in [0.1, 0.15) is 6.61 Å². The van der Waals surface area contributed by atoms with Crippen molar-refractivity contribution in [3.8, 4) is 0 Å². The van der Waals surface area contributed by atoms with Crippen molar-refractivity contribution in [2.75, 3.05) is 20.2 Å². The van der Waals surface area contributed by atoms with Crippen LogP contribution in [0, 0.1) is 10.1 Å². The van der Waals surface area contributed by atoms with E-state index in [4.69, 9.17) is 0 Å². The average Bonchev–Trinajstić information content (AvgIpc) is 1.66. The Morgan fingerprint density at radius 1 is 1.88 bits per heavy atom. The van der Waals surface area contributed by atoms with Gasteiger partial charge in [0.2, 0.25) is 0 Å². The highest BCUT2D eigenvalue weighted by atomic mass is 16.9. The van der Waals surface area contributed by atoms with E-state index in [0.717, 1.165) is 0 Å². The van der Waals surface area contributed by atoms with Gasteiger partial charge in [-0.3, -0.25) is 0 Å². The molecule has 0 radical (unpaired) electrons. The molecule has 0 aliphatic heterocycles. The zero-order valence-corrected chi connectivity index (χ0v) is 4.59. The van der Waals surface area contributed by atoms with Gasteiger partial charge in [-0.15, -0.1) is 10.1 Å². The molecule has 5 nitrogen and oxygen atoms in total. The van der Waals surface area contributed by atoms with E-state index in [1.165, 1.54) is 0 Å². The number of rotatable bonds is 4. The first-order chi connectivity index (χ1) is 3.77. The Kier molecular flexibility index (Phi) is 3.87. The molecule has 5 heteroatoms. The van der Waals surface area contributed by atoms with E-state index in [-0.39, 0.29) is 6.61 Å². The summed E-state index contributed by atoms with van der Waals surface area (Å²) in [7, 11) is 1.70. The van der Waals surface area contributed by atoms with E-state index in [1.54, 1.807) is 7.05 Å². The minimum atomic E-state index is -0.808. The molecule has 0 aliphatic carbocycles. The summed E-state index contributed by atoms with van der Waals surface area (Å²) < 4.78 is 0. The lowest BCUT2D eigenvalue weighted by atomic mass is 10.7. The quantitative estimate of drug-likeness (QED) is 0.306. The van der Waals surface area contributed by atoms with Crippen LogP contribution in [-0.4, -0.2) is 25.3 Å². The number of hydrogen-bond donors (Lipinski definition) is 1. The topological polar surface area (TPSA) is 64.4 Å². The molecule has 0 saturated heterocycles. The maximum absolute atomic E-state index is 9.43. The molecule has 0 fully saturated rings. The Bertz CT molecular complexity index is 74.9. The van der Waals surface area contributed by atoms with Crippen LogP contribution >= 0.6 is 0 Å². The van der Waals surface area contributed by atoms with Crippen molar-refractivity contribution < 1.29 is 9.92 Å². The fourth-order valence-electron chi connectivity index (χ4n) is 0.222. The van der Waals surface area contributed by atoms with Crippen molar-refractivity contribution in [3.05, 3.63) is 10.1 Å². The standard InChI is InChI=1S/C3H8N2O3/c1-4-2-3-8-5(6)7/h4H,2-3H2,1H3. The van der Waals surface area contributed by atoms with Crippen LogP contribution in [0.4, 0.5) is 0 Å². The lowest BCUT2D eigenvalue weighted by Crippen LogP contribution is -2.16. The predicted octanol–water partition coefficient (Wildman–Crippen LogP) is -0.586. The fraction of sp³-hybridized carbons (Fsp3) is 1.00. The highest BCUT2D eigenvalue weighted by Crippen LogP contribution is 1.69. The van der Waals surface area contributed by atoms with E-state index in [9.17, 15) is 10.1 Å². The van der Waals surface area contributed by atoms with Crippen LogP contribution in [-0.2, 0) is 4.84 Å². The van der Waals surface area contributed by atoms with Crippen LogP contribution in [0.2, 0.25) is 0 Å². The van der Waals surface area contributed by atoms with Crippen molar-refractivity contribution in [1.82, 2.24) is 5.32 Å². The molecule has 0 saturated carbocycles. The van der Waals surface area contributed by atoms with Crippen molar-refractivity contribution in [1.29, 1.82) is 0 Å². The van der Waals surface area contributed by atoms with Gasteiger partial charge in [-0.2, -0.15) is 0 Å². The second-order valence-corrected chi connectivity index (χ2v) is 1.16. The van der Waals surface area contributed by atoms with Gasteiger partial charge in [0.05, 0.1) is 0 Å². The summed E-state index contributed by atoms with van der Waals surface area (Å²) in [6.07, 6.45) is 0. The maximum Gasteiger partial charge on any atom is 0.294 e. The molecule has 0 spiro atoms. The molecular weight excluding hydrogens is 112 g/mol. The molecule has 0 rings (SSSR count). The number of nitrogens with one attached hydrogen (secondary N) is 1. The minimum absolute atomic E-state index is 0.115. The van der Waals surface area contributed by atoms with E-state index < -0.39 is 5.09 Å². The zero-order valence-electron chi connectivity index (χ0n) is 4.59. The highest BCUT2D eigenvalue weighted by molar-refractivity contribution is 4.29. The Balaban J connectivity index is 2.82. The van der Waals surface area contributed by atoms with Gasteiger partial charge >= 0.3 is 0 Å². The van der Waals surface area contributed by atoms with Gasteiger partial charge in [0.15, 0.2) is 0 Å². The second-order valence-electron chi connectivity index (χ2n) is 1.16. The average molecular weight is 120 g/mol. The van der Waals surface area contributed by atoms with Crippen LogP contribution in [0.25, 0.3) is 0 Å². The van der Waals surface area contributed by atoms with Crippen molar-refractivity contribution in [2.24, 2.45) is 0 Å². The molecule has 0 aromatic rings. The van der Waals surface area contributed by atoms with Crippen molar-refractivity contribution in [2.45, 2.75) is 0 Å². The second kappa shape index (κ2) is 4.32. The zero-order chi connectivity index (χ0) is 6.41. The third kappa shape index (κ3) is 5.16. The van der Waals surface area contributed by atoms with E-state index in [1.807, 2.05) is 0 Å². The highest BCUT2D eigenvalue weighted by Gasteiger charge is 1.89. The summed E-state index contributed by atoms with van der Waals surface area (Å²) >= 11 is 0. The Morgan fingerprint density at radius 3 is 2.88 bits per heavy atom. The van der Waals surface area contributed by atoms with Gasteiger partial charge in [-0.25, -0.2) is 0 Å². The summed E-state index contributed by atoms with van der Waals surface area (Å²) in [6.45, 7) is 0.616. The molecule has 8 heavy (non-hydrogen) atoms. The first-order valence-electron chi connectivity index (χ1n) is 2.19. The predicted molar refractivity (Wildman–Crippen MR) is 26.9 cm³/mol. The molecule has 0 aliphatic rings. The maximum atomic E-state index is 9.43. The first-order valence-corrected chi connectivity index (χ1v) is 2.19. The Labute approximate surface area is 46.7 Å². The number of nitrogens with zero attached hydrogens (tertiary/aromatic N) is 1. The molecule has 0 aromatic carbocycles. The molecule has 0 aromatic heterocycles. The fourth-order valence-corrected chi connectivity index (χ4v) is 0.222. The molecule has 0 heterocycles. The molecule has 0 unspecified atom stereocenters. The summed E-state index contributed by atoms with van der Waals surface area (Å²) in [5, 5.41) is 11.3. The van der Waals surface area contributed by atoms with Gasteiger partial charge in [0.25, 0.3) is 5.09 Å². The molecule has 48 valence electrons. The van der Waals surface area contributed by atoms with Gasteiger partial charge in [-0.1, -0.05) is 0 Å². The van der Waals surface area contributed by atoms with Crippen LogP contribution < -0.4 is 5.32 Å². The summed E-state index contributed by atoms with van der Waals surface area (Å²) in [5.41, 5.74) is 0. The monoisotopic (exact) mass is 120 g/mol. The lowest BCUT2D eigenvalue weighted by Gasteiger charge is -1.94. The van der Waals surface area contributed by atoms with Crippen LogP contribution in [0.15, 0.2) is 0 Å². The van der Waals surface area contributed by atoms with Crippen molar-refractivity contribution >= 4 is 0 Å². The van der Waals surface area contributed by atoms with E-state index >= 15 is 0 Å². The SMILES string of the molecule is CNCCO[N+](=O)[O-]. The summed E-state index contributed by atoms with van der Waals surface area (Å²) in [5.74, 6) is 0. The van der Waals surface area contributed by atoms with Crippen LogP contribution in [0.5, 0.6) is 0 Å². The van der Waals surface area contributed by atoms with Gasteiger partial charge in [0, 0.05) is 6.54 Å². The van der Waals surface area contributed by atoms with Gasteiger partial charge in [-0.05, 0) is 7.05 Å². The Morgan fingerprint density at radius 2 is 2.50 bits per heavy atom. The number of likely N-dealkylation sites (N-methyl/N-ethyl adjacent to an activating group) is 1. The molecular formula is C3H8N2O3. The Hall–Kier alpha value is -0.840. The molecule has 1 N–H and O–H groups in total. The van der Waals surface area contributed by atoms with Crippen LogP contribution in [0.3, 0.4) is 0 Å². The minimum Gasteiger partial charge on any atom is -0.318 e. The van der Waals surface area contributed by atoms with Crippen LogP contribution in [0.1, 0.15) is 0 Å². The third-order valence-corrected chi connectivity index (χ3v) is 0.549. The van der Waals surface area contributed by atoms with E-state index in [2.05, 4.69) is 10.2 Å². The number of hydrogen-bond acceptors (Lipinski definition) is 4. The van der Waals surface area contributed by atoms with Gasteiger partial charge < -0.3 is 10.2 Å². The van der Waals surface area contributed by atoms with Crippen molar-refractivity contribution in [3.63, 3.8) is 0 Å². The molecule has 0 amide bonds. The van der Waals surface area contributed by atoms with E-state index in [0.29, 0.717) is 6.54 Å². The molecule has 0 bridgehead atoms. The first kappa shape index (κ1) is 7.16. The third-order valence-electron chi connectivity index (χ3n) is 0.549. The normalized spacial score (nSPS) is 8.62.